The Bertz CT molecular complexity index is 1390. The molecule has 1 heterocycles. The lowest BCUT2D eigenvalue weighted by molar-refractivity contribution is -0.111. The number of nitrogens with zero attached hydrogens (tertiary/aromatic N) is 2. The maximum absolute atomic E-state index is 12.3. The molecule has 4 aromatic rings. The number of carbonyl (C=O) groups excluding carboxylic acids is 2. The van der Waals surface area contributed by atoms with Crippen molar-refractivity contribution >= 4 is 46.9 Å². The molecule has 192 valence electrons. The summed E-state index contributed by atoms with van der Waals surface area (Å²) in [5, 5.41) is -0.320. The molecular weight excluding hydrogens is 508 g/mol. The van der Waals surface area contributed by atoms with Crippen LogP contribution in [-0.4, -0.2) is 24.3 Å². The number of hydrogen-bond acceptors (Lipinski definition) is 4. The highest BCUT2D eigenvalue weighted by Gasteiger charge is 2.26. The second-order valence-electron chi connectivity index (χ2n) is 9.73. The van der Waals surface area contributed by atoms with Crippen molar-refractivity contribution < 1.29 is 9.59 Å². The molecule has 0 aromatic heterocycles. The Kier molecular flexibility index (Phi) is 7.63. The summed E-state index contributed by atoms with van der Waals surface area (Å²) in [6, 6.07) is 32.8. The number of thiol groups is 2. The van der Waals surface area contributed by atoms with Gasteiger partial charge in [-0.1, -0.05) is 72.8 Å². The first kappa shape index (κ1) is 26.1. The molecule has 4 bridgehead atoms. The molecule has 0 saturated carbocycles. The molecule has 5 rings (SSSR count). The molecule has 0 saturated heterocycles. The van der Waals surface area contributed by atoms with Crippen molar-refractivity contribution in [3.63, 3.8) is 0 Å². The van der Waals surface area contributed by atoms with E-state index in [0.29, 0.717) is 0 Å². The second-order valence-corrected chi connectivity index (χ2v) is 10.7. The van der Waals surface area contributed by atoms with Crippen molar-refractivity contribution in [2.75, 3.05) is 23.9 Å². The highest BCUT2D eigenvalue weighted by atomic mass is 32.1. The minimum atomic E-state index is -0.202. The molecular formula is C32H30N2O2S2. The Balaban J connectivity index is 1.81. The topological polar surface area (TPSA) is 40.6 Å². The van der Waals surface area contributed by atoms with Crippen LogP contribution in [0.25, 0.3) is 22.3 Å². The van der Waals surface area contributed by atoms with Crippen LogP contribution in [0.15, 0.2) is 97.1 Å². The van der Waals surface area contributed by atoms with E-state index in [9.17, 15) is 9.59 Å². The molecule has 0 aliphatic carbocycles. The van der Waals surface area contributed by atoms with Gasteiger partial charge in [0.25, 0.3) is 0 Å². The van der Waals surface area contributed by atoms with Gasteiger partial charge in [-0.15, -0.1) is 25.3 Å². The molecule has 0 N–H and O–H groups in total. The number of anilines is 2. The van der Waals surface area contributed by atoms with Crippen LogP contribution in [0.3, 0.4) is 0 Å². The van der Waals surface area contributed by atoms with Gasteiger partial charge in [0.2, 0.25) is 0 Å². The molecule has 0 fully saturated rings. The van der Waals surface area contributed by atoms with Gasteiger partial charge in [0.1, 0.15) is 0 Å². The zero-order valence-corrected chi connectivity index (χ0v) is 23.2. The highest BCUT2D eigenvalue weighted by Crippen LogP contribution is 2.41. The lowest BCUT2D eigenvalue weighted by Crippen LogP contribution is -2.27. The molecule has 0 radical (unpaired) electrons. The zero-order valence-electron chi connectivity index (χ0n) is 21.4. The van der Waals surface area contributed by atoms with E-state index in [1.54, 1.807) is 0 Å². The van der Waals surface area contributed by atoms with Crippen molar-refractivity contribution in [1.29, 1.82) is 0 Å². The van der Waals surface area contributed by atoms with Crippen LogP contribution in [0.1, 0.15) is 36.1 Å². The van der Waals surface area contributed by atoms with E-state index >= 15 is 0 Å². The van der Waals surface area contributed by atoms with Crippen LogP contribution in [0.4, 0.5) is 11.4 Å². The molecule has 2 unspecified atom stereocenters. The van der Waals surface area contributed by atoms with Gasteiger partial charge in [0.15, 0.2) is 10.2 Å². The van der Waals surface area contributed by atoms with Gasteiger partial charge < -0.3 is 9.80 Å². The van der Waals surface area contributed by atoms with Gasteiger partial charge in [-0.25, -0.2) is 0 Å². The molecule has 38 heavy (non-hydrogen) atoms. The quantitative estimate of drug-likeness (QED) is 0.266. The fourth-order valence-corrected chi connectivity index (χ4v) is 5.85. The number of benzene rings is 4. The van der Waals surface area contributed by atoms with E-state index in [4.69, 9.17) is 0 Å². The van der Waals surface area contributed by atoms with E-state index in [0.717, 1.165) is 44.8 Å². The second kappa shape index (κ2) is 11.1. The molecule has 4 aromatic carbocycles. The first-order chi connectivity index (χ1) is 18.3. The predicted octanol–water partition coefficient (Wildman–Crippen LogP) is 7.38. The van der Waals surface area contributed by atoms with E-state index in [-0.39, 0.29) is 35.2 Å². The van der Waals surface area contributed by atoms with Crippen molar-refractivity contribution in [2.45, 2.75) is 24.9 Å². The van der Waals surface area contributed by atoms with Crippen LogP contribution in [0.5, 0.6) is 0 Å². The Labute approximate surface area is 235 Å². The average Bonchev–Trinajstić information content (AvgIpc) is 2.93. The van der Waals surface area contributed by atoms with E-state index in [1.165, 1.54) is 0 Å². The van der Waals surface area contributed by atoms with E-state index < -0.39 is 0 Å². The summed E-state index contributed by atoms with van der Waals surface area (Å²) in [5.41, 5.74) is 8.31. The molecule has 2 atom stereocenters. The van der Waals surface area contributed by atoms with E-state index in [1.807, 2.05) is 50.5 Å². The number of hydrogen-bond donors (Lipinski definition) is 2. The van der Waals surface area contributed by atoms with Gasteiger partial charge in [-0.3, -0.25) is 9.59 Å². The molecule has 0 amide bonds. The summed E-state index contributed by atoms with van der Waals surface area (Å²) in [6.45, 7) is 0. The summed E-state index contributed by atoms with van der Waals surface area (Å²) in [7, 11) is 4.07. The molecule has 4 nitrogen and oxygen atoms in total. The summed E-state index contributed by atoms with van der Waals surface area (Å²) in [6.07, 6.45) is 0.538. The molecule has 0 spiro atoms. The summed E-state index contributed by atoms with van der Waals surface area (Å²) < 4.78 is 0. The summed E-state index contributed by atoms with van der Waals surface area (Å²) in [5.74, 6) is 0. The number of carbonyl (C=O) groups is 2. The van der Waals surface area contributed by atoms with Gasteiger partial charge in [0, 0.05) is 49.4 Å². The molecule has 1 aliphatic rings. The van der Waals surface area contributed by atoms with Gasteiger partial charge in [0.05, 0.1) is 12.1 Å². The molecule has 6 heteroatoms. The first-order valence-corrected chi connectivity index (χ1v) is 13.5. The van der Waals surface area contributed by atoms with Gasteiger partial charge >= 0.3 is 0 Å². The zero-order chi connectivity index (χ0) is 26.8. The van der Waals surface area contributed by atoms with Crippen molar-refractivity contribution in [3.05, 3.63) is 108 Å². The maximum atomic E-state index is 12.3. The number of fused-ring (bicyclic) bond motifs is 8. The van der Waals surface area contributed by atoms with Crippen LogP contribution in [0, 0.1) is 0 Å². The maximum Gasteiger partial charge on any atom is 0.188 e. The van der Waals surface area contributed by atoms with Crippen molar-refractivity contribution in [3.8, 4) is 22.3 Å². The average molecular weight is 539 g/mol. The van der Waals surface area contributed by atoms with Crippen LogP contribution in [-0.2, 0) is 9.59 Å². The fraction of sp³-hybridized carbons (Fsp3) is 0.188. The van der Waals surface area contributed by atoms with Crippen LogP contribution in [0.2, 0.25) is 0 Å². The summed E-state index contributed by atoms with van der Waals surface area (Å²) >= 11 is 8.34. The van der Waals surface area contributed by atoms with Crippen LogP contribution >= 0.6 is 25.3 Å². The third-order valence-corrected chi connectivity index (χ3v) is 7.77. The SMILES string of the molecule is CN1c2ccccc2-c2cccc(c2)C(CC(=O)S)N(C)c2ccccc2-c2cccc(c2)C1CC(=O)S. The number of rotatable bonds is 4. The standard InChI is InChI=1S/C32H30N2O2S2/c1-33-27-15-5-3-13-25(27)21-9-8-12-24(18-21)30(20-32(36)38)34(2)28-16-6-4-14-26(28)22-10-7-11-23(17-22)29(33)19-31(35)37/h3-18,29-30H,19-20H2,1-2H3,(H,35,37)(H,36,38). The van der Waals surface area contributed by atoms with Gasteiger partial charge in [-0.2, -0.15) is 0 Å². The normalized spacial score (nSPS) is 16.7. The predicted molar refractivity (Wildman–Crippen MR) is 163 cm³/mol. The third-order valence-electron chi connectivity index (χ3n) is 7.40. The summed E-state index contributed by atoms with van der Waals surface area (Å²) in [4.78, 5) is 29.0. The highest BCUT2D eigenvalue weighted by molar-refractivity contribution is 7.96. The Morgan fingerprint density at radius 2 is 1.00 bits per heavy atom. The fourth-order valence-electron chi connectivity index (χ4n) is 5.50. The van der Waals surface area contributed by atoms with Crippen molar-refractivity contribution in [2.24, 2.45) is 0 Å². The van der Waals surface area contributed by atoms with Crippen molar-refractivity contribution in [1.82, 2.24) is 0 Å². The first-order valence-electron chi connectivity index (χ1n) is 12.6. The largest absolute Gasteiger partial charge is 0.367 e. The third kappa shape index (κ3) is 5.24. The minimum absolute atomic E-state index is 0.160. The number of para-hydroxylation sites is 2. The van der Waals surface area contributed by atoms with Crippen LogP contribution < -0.4 is 9.80 Å². The minimum Gasteiger partial charge on any atom is -0.367 e. The monoisotopic (exact) mass is 538 g/mol. The Hall–Kier alpha value is -3.48. The lowest BCUT2D eigenvalue weighted by atomic mass is 9.92. The Morgan fingerprint density at radius 1 is 0.605 bits per heavy atom. The smallest absolute Gasteiger partial charge is 0.188 e. The lowest BCUT2D eigenvalue weighted by Gasteiger charge is -2.34. The Morgan fingerprint density at radius 3 is 1.39 bits per heavy atom. The molecule has 1 aliphatic heterocycles. The van der Waals surface area contributed by atoms with Gasteiger partial charge in [-0.05, 0) is 46.5 Å². The van der Waals surface area contributed by atoms with E-state index in [2.05, 4.69) is 95.7 Å².